The Morgan fingerprint density at radius 3 is 2.86 bits per heavy atom. The van der Waals surface area contributed by atoms with Crippen LogP contribution in [0.1, 0.15) is 16.6 Å². The zero-order valence-electron chi connectivity index (χ0n) is 11.0. The number of benzene rings is 2. The molecule has 0 saturated carbocycles. The molecule has 6 heteroatoms. The first-order valence-corrected chi connectivity index (χ1v) is 8.41. The van der Waals surface area contributed by atoms with Crippen molar-refractivity contribution in [1.82, 2.24) is 10.4 Å². The first-order chi connectivity index (χ1) is 10.2. The lowest BCUT2D eigenvalue weighted by Crippen LogP contribution is -2.29. The van der Waals surface area contributed by atoms with Crippen LogP contribution in [-0.2, 0) is 6.42 Å². The van der Waals surface area contributed by atoms with Crippen molar-refractivity contribution in [3.05, 3.63) is 62.5 Å². The molecular weight excluding hydrogens is 370 g/mol. The highest BCUT2D eigenvalue weighted by Gasteiger charge is 2.16. The Hall–Kier alpha value is -0.980. The summed E-state index contributed by atoms with van der Waals surface area (Å²) >= 11 is 11.4. The van der Waals surface area contributed by atoms with Crippen LogP contribution < -0.4 is 11.3 Å². The van der Waals surface area contributed by atoms with Crippen molar-refractivity contribution in [2.75, 3.05) is 0 Å². The van der Waals surface area contributed by atoms with E-state index in [9.17, 15) is 0 Å². The van der Waals surface area contributed by atoms with Crippen LogP contribution in [0.15, 0.2) is 46.9 Å². The van der Waals surface area contributed by atoms with Crippen molar-refractivity contribution < 1.29 is 0 Å². The van der Waals surface area contributed by atoms with E-state index < -0.39 is 0 Å². The largest absolute Gasteiger partial charge is 0.271 e. The van der Waals surface area contributed by atoms with E-state index in [1.165, 1.54) is 4.70 Å². The number of hydrazine groups is 1. The van der Waals surface area contributed by atoms with Crippen LogP contribution in [0.25, 0.3) is 10.2 Å². The third-order valence-electron chi connectivity index (χ3n) is 3.25. The highest BCUT2D eigenvalue weighted by atomic mass is 79.9. The Labute approximate surface area is 140 Å². The van der Waals surface area contributed by atoms with E-state index in [-0.39, 0.29) is 6.04 Å². The number of hydrogen-bond donors (Lipinski definition) is 2. The molecule has 3 aromatic rings. The molecular formula is C15H13BrClN3S. The smallest absolute Gasteiger partial charge is 0.0958 e. The predicted octanol–water partition coefficient (Wildman–Crippen LogP) is 4.46. The molecule has 1 atom stereocenters. The number of nitrogens with two attached hydrogens (primary N) is 1. The summed E-state index contributed by atoms with van der Waals surface area (Å²) < 4.78 is 2.16. The van der Waals surface area contributed by atoms with E-state index >= 15 is 0 Å². The lowest BCUT2D eigenvalue weighted by molar-refractivity contribution is 0.551. The van der Waals surface area contributed by atoms with E-state index in [2.05, 4.69) is 32.4 Å². The number of rotatable bonds is 4. The molecule has 0 spiro atoms. The average Bonchev–Trinajstić information content (AvgIpc) is 2.90. The number of fused-ring (bicyclic) bond motifs is 1. The Bertz CT molecular complexity index is 741. The van der Waals surface area contributed by atoms with Crippen LogP contribution in [0.2, 0.25) is 5.02 Å². The Kier molecular flexibility index (Phi) is 4.57. The number of aromatic nitrogens is 1. The Morgan fingerprint density at radius 1 is 1.29 bits per heavy atom. The van der Waals surface area contributed by atoms with Gasteiger partial charge in [0, 0.05) is 15.9 Å². The summed E-state index contributed by atoms with van der Waals surface area (Å²) in [6.45, 7) is 0. The Balaban J connectivity index is 1.91. The van der Waals surface area contributed by atoms with Gasteiger partial charge in [-0.1, -0.05) is 39.7 Å². The van der Waals surface area contributed by atoms with Crippen molar-refractivity contribution >= 4 is 49.1 Å². The predicted molar refractivity (Wildman–Crippen MR) is 92.5 cm³/mol. The number of thiazole rings is 1. The maximum atomic E-state index is 6.28. The third-order valence-corrected chi connectivity index (χ3v) is 5.15. The molecule has 0 aliphatic carbocycles. The van der Waals surface area contributed by atoms with Gasteiger partial charge in [-0.15, -0.1) is 11.3 Å². The molecule has 3 rings (SSSR count). The molecule has 0 radical (unpaired) electrons. The van der Waals surface area contributed by atoms with E-state index in [4.69, 9.17) is 17.4 Å². The van der Waals surface area contributed by atoms with Gasteiger partial charge in [0.1, 0.15) is 0 Å². The first kappa shape index (κ1) is 14.9. The molecule has 0 aliphatic heterocycles. The summed E-state index contributed by atoms with van der Waals surface area (Å²) in [5.74, 6) is 5.72. The number of para-hydroxylation sites is 1. The fraction of sp³-hybridized carbons (Fsp3) is 0.133. The van der Waals surface area contributed by atoms with Crippen LogP contribution in [0, 0.1) is 0 Å². The van der Waals surface area contributed by atoms with Crippen molar-refractivity contribution in [3.63, 3.8) is 0 Å². The van der Waals surface area contributed by atoms with Gasteiger partial charge >= 0.3 is 0 Å². The number of hydrogen-bond acceptors (Lipinski definition) is 4. The lowest BCUT2D eigenvalue weighted by atomic mass is 10.0. The van der Waals surface area contributed by atoms with Crippen molar-refractivity contribution in [1.29, 1.82) is 0 Å². The number of halogens is 2. The average molecular weight is 383 g/mol. The molecule has 0 aliphatic rings. The second kappa shape index (κ2) is 6.42. The fourth-order valence-electron chi connectivity index (χ4n) is 2.22. The zero-order chi connectivity index (χ0) is 14.8. The quantitative estimate of drug-likeness (QED) is 0.517. The van der Waals surface area contributed by atoms with Crippen LogP contribution in [0.3, 0.4) is 0 Å². The van der Waals surface area contributed by atoms with Crippen LogP contribution in [-0.4, -0.2) is 4.98 Å². The van der Waals surface area contributed by atoms with Gasteiger partial charge in [-0.05, 0) is 35.9 Å². The molecule has 0 saturated heterocycles. The van der Waals surface area contributed by atoms with Crippen molar-refractivity contribution in [2.45, 2.75) is 12.5 Å². The highest BCUT2D eigenvalue weighted by Crippen LogP contribution is 2.30. The lowest BCUT2D eigenvalue weighted by Gasteiger charge is -2.16. The van der Waals surface area contributed by atoms with E-state index in [1.54, 1.807) is 11.3 Å². The maximum absolute atomic E-state index is 6.28. The summed E-state index contributed by atoms with van der Waals surface area (Å²) in [6.07, 6.45) is 0.700. The van der Waals surface area contributed by atoms with Gasteiger partial charge < -0.3 is 0 Å². The standard InChI is InChI=1S/C15H13BrClN3S/c16-9-5-6-11(17)10(7-9)13(20-18)8-15-19-12-3-1-2-4-14(12)21-15/h1-7,13,20H,8,18H2. The summed E-state index contributed by atoms with van der Waals surface area (Å²) in [5, 5.41) is 1.73. The molecule has 0 fully saturated rings. The molecule has 3 N–H and O–H groups in total. The van der Waals surface area contributed by atoms with Crippen molar-refractivity contribution in [3.8, 4) is 0 Å². The second-order valence-corrected chi connectivity index (χ2v) is 7.10. The summed E-state index contributed by atoms with van der Waals surface area (Å²) in [6, 6.07) is 13.8. The molecule has 1 unspecified atom stereocenters. The monoisotopic (exact) mass is 381 g/mol. The minimum absolute atomic E-state index is 0.0736. The van der Waals surface area contributed by atoms with Crippen molar-refractivity contribution in [2.24, 2.45) is 5.84 Å². The van der Waals surface area contributed by atoms with Gasteiger partial charge in [0.05, 0.1) is 21.3 Å². The minimum atomic E-state index is -0.0736. The molecule has 3 nitrogen and oxygen atoms in total. The van der Waals surface area contributed by atoms with Gasteiger partial charge in [0.15, 0.2) is 0 Å². The SMILES string of the molecule is NNC(Cc1nc2ccccc2s1)c1cc(Br)ccc1Cl. The summed E-state index contributed by atoms with van der Waals surface area (Å²) in [7, 11) is 0. The van der Waals surface area contributed by atoms with Gasteiger partial charge in [-0.25, -0.2) is 4.98 Å². The number of nitrogens with one attached hydrogen (secondary N) is 1. The number of nitrogens with zero attached hydrogens (tertiary/aromatic N) is 1. The third kappa shape index (κ3) is 3.27. The van der Waals surface area contributed by atoms with E-state index in [1.807, 2.05) is 36.4 Å². The van der Waals surface area contributed by atoms with Gasteiger partial charge in [0.25, 0.3) is 0 Å². The van der Waals surface area contributed by atoms with E-state index in [0.29, 0.717) is 11.4 Å². The first-order valence-electron chi connectivity index (χ1n) is 6.43. The molecule has 0 bridgehead atoms. The molecule has 1 heterocycles. The molecule has 21 heavy (non-hydrogen) atoms. The minimum Gasteiger partial charge on any atom is -0.271 e. The van der Waals surface area contributed by atoms with Crippen LogP contribution in [0.5, 0.6) is 0 Å². The maximum Gasteiger partial charge on any atom is 0.0958 e. The van der Waals surface area contributed by atoms with Gasteiger partial charge in [-0.3, -0.25) is 11.3 Å². The summed E-state index contributed by atoms with van der Waals surface area (Å²) in [4.78, 5) is 4.65. The van der Waals surface area contributed by atoms with Crippen LogP contribution in [0.4, 0.5) is 0 Å². The second-order valence-electron chi connectivity index (χ2n) is 4.66. The van der Waals surface area contributed by atoms with Crippen LogP contribution >= 0.6 is 38.9 Å². The Morgan fingerprint density at radius 2 is 2.10 bits per heavy atom. The molecule has 1 aromatic heterocycles. The normalized spacial score (nSPS) is 12.7. The van der Waals surface area contributed by atoms with Gasteiger partial charge in [0.2, 0.25) is 0 Å². The van der Waals surface area contributed by atoms with E-state index in [0.717, 1.165) is 20.6 Å². The zero-order valence-corrected chi connectivity index (χ0v) is 14.2. The van der Waals surface area contributed by atoms with Gasteiger partial charge in [-0.2, -0.15) is 0 Å². The molecule has 0 amide bonds. The topological polar surface area (TPSA) is 50.9 Å². The fourth-order valence-corrected chi connectivity index (χ4v) is 3.86. The highest BCUT2D eigenvalue weighted by molar-refractivity contribution is 9.10. The summed E-state index contributed by atoms with van der Waals surface area (Å²) in [5.41, 5.74) is 4.83. The molecule has 108 valence electrons. The molecule has 2 aromatic carbocycles.